The number of piperidine rings is 1. The molecule has 10 heteroatoms. The minimum absolute atomic E-state index is 0.0529. The van der Waals surface area contributed by atoms with E-state index in [-0.39, 0.29) is 11.8 Å². The lowest BCUT2D eigenvalue weighted by atomic mass is 9.97. The zero-order chi connectivity index (χ0) is 19.7. The molecule has 1 fully saturated rings. The highest BCUT2D eigenvalue weighted by atomic mass is 32.1. The van der Waals surface area contributed by atoms with Crippen molar-refractivity contribution in [2.75, 3.05) is 18.0 Å². The molecule has 6 nitrogen and oxygen atoms in total. The van der Waals surface area contributed by atoms with E-state index in [0.717, 1.165) is 30.0 Å². The largest absolute Gasteiger partial charge is 0.417 e. The topological polar surface area (TPSA) is 62.5 Å². The van der Waals surface area contributed by atoms with E-state index < -0.39 is 11.7 Å². The monoisotopic (exact) mass is 409 g/mol. The fourth-order valence-electron chi connectivity index (χ4n) is 3.37. The molecule has 3 aromatic heterocycles. The first-order chi connectivity index (χ1) is 13.4. The summed E-state index contributed by atoms with van der Waals surface area (Å²) in [5.74, 6) is 0.0339. The molecule has 1 saturated heterocycles. The van der Waals surface area contributed by atoms with Crippen LogP contribution in [0.5, 0.6) is 0 Å². The summed E-state index contributed by atoms with van der Waals surface area (Å²) in [6.45, 7) is 1.49. The zero-order valence-electron chi connectivity index (χ0n) is 14.8. The lowest BCUT2D eigenvalue weighted by Crippen LogP contribution is -2.43. The molecule has 4 rings (SSSR count). The predicted molar refractivity (Wildman–Crippen MR) is 99.1 cm³/mol. The minimum atomic E-state index is -4.44. The molecule has 1 amide bonds. The number of halogens is 3. The van der Waals surface area contributed by atoms with Crippen molar-refractivity contribution in [2.24, 2.45) is 5.92 Å². The Morgan fingerprint density at radius 2 is 2.14 bits per heavy atom. The molecule has 0 unspecified atom stereocenters. The number of fused-ring (bicyclic) bond motifs is 1. The first-order valence-corrected chi connectivity index (χ1v) is 9.77. The van der Waals surface area contributed by atoms with Crippen LogP contribution in [0.4, 0.5) is 19.1 Å². The van der Waals surface area contributed by atoms with Gasteiger partial charge in [0.05, 0.1) is 18.0 Å². The number of hydrogen-bond acceptors (Lipinski definition) is 5. The molecule has 0 aliphatic carbocycles. The Morgan fingerprint density at radius 1 is 1.29 bits per heavy atom. The highest BCUT2D eigenvalue weighted by molar-refractivity contribution is 7.09. The molecule has 148 valence electrons. The van der Waals surface area contributed by atoms with Crippen molar-refractivity contribution in [3.05, 3.63) is 46.3 Å². The number of amides is 1. The van der Waals surface area contributed by atoms with Crippen LogP contribution < -0.4 is 10.2 Å². The first-order valence-electron chi connectivity index (χ1n) is 8.89. The van der Waals surface area contributed by atoms with Gasteiger partial charge < -0.3 is 10.2 Å². The lowest BCUT2D eigenvalue weighted by molar-refractivity contribution is -0.137. The van der Waals surface area contributed by atoms with Crippen LogP contribution in [0.1, 0.15) is 23.3 Å². The molecule has 3 aromatic rings. The van der Waals surface area contributed by atoms with Gasteiger partial charge in [0, 0.05) is 24.2 Å². The molecular weight excluding hydrogens is 391 g/mol. The van der Waals surface area contributed by atoms with Gasteiger partial charge in [-0.25, -0.2) is 0 Å². The number of carbonyl (C=O) groups is 1. The van der Waals surface area contributed by atoms with Crippen LogP contribution in [-0.2, 0) is 17.5 Å². The first kappa shape index (κ1) is 18.7. The van der Waals surface area contributed by atoms with Crippen LogP contribution in [0.2, 0.25) is 0 Å². The van der Waals surface area contributed by atoms with Crippen LogP contribution >= 0.6 is 11.3 Å². The molecule has 0 aromatic carbocycles. The van der Waals surface area contributed by atoms with Gasteiger partial charge in [-0.1, -0.05) is 6.07 Å². The summed E-state index contributed by atoms with van der Waals surface area (Å²) in [6, 6.07) is 6.18. The average Bonchev–Trinajstić information content (AvgIpc) is 3.34. The molecule has 0 bridgehead atoms. The van der Waals surface area contributed by atoms with E-state index in [1.54, 1.807) is 11.3 Å². The molecule has 1 aliphatic heterocycles. The minimum Gasteiger partial charge on any atom is -0.351 e. The Balaban J connectivity index is 1.50. The van der Waals surface area contributed by atoms with Gasteiger partial charge in [-0.05, 0) is 36.4 Å². The molecular formula is C18H18F3N5OS. The highest BCUT2D eigenvalue weighted by Gasteiger charge is 2.32. The summed E-state index contributed by atoms with van der Waals surface area (Å²) < 4.78 is 40.5. The van der Waals surface area contributed by atoms with Crippen molar-refractivity contribution in [3.8, 4) is 0 Å². The summed E-state index contributed by atoms with van der Waals surface area (Å²) in [7, 11) is 0. The van der Waals surface area contributed by atoms with Gasteiger partial charge in [-0.15, -0.1) is 21.5 Å². The molecule has 4 heterocycles. The third-order valence-corrected chi connectivity index (χ3v) is 5.68. The fraction of sp³-hybridized carbons (Fsp3) is 0.389. The number of carbonyl (C=O) groups excluding carboxylic acids is 1. The molecule has 1 aliphatic rings. The molecule has 28 heavy (non-hydrogen) atoms. The van der Waals surface area contributed by atoms with Crippen molar-refractivity contribution in [1.82, 2.24) is 19.9 Å². The number of rotatable bonds is 4. The third-order valence-electron chi connectivity index (χ3n) is 4.80. The second kappa shape index (κ2) is 7.42. The third kappa shape index (κ3) is 3.82. The van der Waals surface area contributed by atoms with E-state index in [1.807, 2.05) is 22.4 Å². The average molecular weight is 409 g/mol. The van der Waals surface area contributed by atoms with Crippen molar-refractivity contribution in [3.63, 3.8) is 0 Å². The number of alkyl halides is 3. The van der Waals surface area contributed by atoms with E-state index in [1.165, 1.54) is 10.5 Å². The summed E-state index contributed by atoms with van der Waals surface area (Å²) in [5, 5.41) is 12.9. The van der Waals surface area contributed by atoms with Gasteiger partial charge in [0.25, 0.3) is 0 Å². The SMILES string of the molecule is O=C(NCc1cccs1)[C@@H]1CCCN(c2nnc3ccc(C(F)(F)F)cn23)C1. The van der Waals surface area contributed by atoms with Crippen molar-refractivity contribution >= 4 is 28.8 Å². The van der Waals surface area contributed by atoms with E-state index in [4.69, 9.17) is 0 Å². The second-order valence-electron chi connectivity index (χ2n) is 6.73. The number of thiophene rings is 1. The molecule has 0 radical (unpaired) electrons. The van der Waals surface area contributed by atoms with E-state index in [9.17, 15) is 18.0 Å². The van der Waals surface area contributed by atoms with Gasteiger partial charge in [0.1, 0.15) is 0 Å². The number of anilines is 1. The van der Waals surface area contributed by atoms with Crippen molar-refractivity contribution in [2.45, 2.75) is 25.6 Å². The van der Waals surface area contributed by atoms with Gasteiger partial charge >= 0.3 is 6.18 Å². The maximum atomic E-state index is 13.0. The van der Waals surface area contributed by atoms with Gasteiger partial charge in [0.15, 0.2) is 5.65 Å². The number of nitrogens with one attached hydrogen (secondary N) is 1. The summed E-state index contributed by atoms with van der Waals surface area (Å²) in [5.41, 5.74) is -0.421. The normalized spacial score (nSPS) is 17.8. The van der Waals surface area contributed by atoms with Crippen LogP contribution in [-0.4, -0.2) is 33.6 Å². The van der Waals surface area contributed by atoms with Crippen LogP contribution in [0.15, 0.2) is 35.8 Å². The molecule has 1 N–H and O–H groups in total. The van der Waals surface area contributed by atoms with Gasteiger partial charge in [0.2, 0.25) is 11.9 Å². The second-order valence-corrected chi connectivity index (χ2v) is 7.76. The number of hydrogen-bond donors (Lipinski definition) is 1. The summed E-state index contributed by atoms with van der Waals surface area (Å²) >= 11 is 1.58. The Kier molecular flexibility index (Phi) is 4.96. The highest BCUT2D eigenvalue weighted by Crippen LogP contribution is 2.30. The number of aromatic nitrogens is 3. The molecule has 0 saturated carbocycles. The van der Waals surface area contributed by atoms with Crippen LogP contribution in [0.25, 0.3) is 5.65 Å². The Hall–Kier alpha value is -2.62. The van der Waals surface area contributed by atoms with Crippen molar-refractivity contribution < 1.29 is 18.0 Å². The molecule has 1 atom stereocenters. The number of nitrogens with zero attached hydrogens (tertiary/aromatic N) is 4. The van der Waals surface area contributed by atoms with Gasteiger partial charge in [-0.2, -0.15) is 13.2 Å². The lowest BCUT2D eigenvalue weighted by Gasteiger charge is -2.32. The van der Waals surface area contributed by atoms with E-state index in [2.05, 4.69) is 15.5 Å². The molecule has 0 spiro atoms. The maximum Gasteiger partial charge on any atom is 0.417 e. The summed E-state index contributed by atoms with van der Waals surface area (Å²) in [6.07, 6.45) is -1.95. The van der Waals surface area contributed by atoms with Crippen LogP contribution in [0, 0.1) is 5.92 Å². The number of pyridine rings is 1. The van der Waals surface area contributed by atoms with E-state index in [0.29, 0.717) is 31.2 Å². The van der Waals surface area contributed by atoms with E-state index >= 15 is 0 Å². The quantitative estimate of drug-likeness (QED) is 0.718. The maximum absolute atomic E-state index is 13.0. The predicted octanol–water partition coefficient (Wildman–Crippen LogP) is 3.34. The fourth-order valence-corrected chi connectivity index (χ4v) is 4.01. The Morgan fingerprint density at radius 3 is 2.89 bits per heavy atom. The smallest absolute Gasteiger partial charge is 0.351 e. The van der Waals surface area contributed by atoms with Crippen LogP contribution in [0.3, 0.4) is 0 Å². The van der Waals surface area contributed by atoms with Gasteiger partial charge in [-0.3, -0.25) is 9.20 Å². The Bertz CT molecular complexity index is 969. The summed E-state index contributed by atoms with van der Waals surface area (Å²) in [4.78, 5) is 15.4. The van der Waals surface area contributed by atoms with Crippen molar-refractivity contribution in [1.29, 1.82) is 0 Å². The standard InChI is InChI=1S/C18H18F3N5OS/c19-18(20,21)13-5-6-15-23-24-17(26(15)11-13)25-7-1-3-12(10-25)16(27)22-9-14-4-2-8-28-14/h2,4-6,8,11-12H,1,3,7,9-10H2,(H,22,27)/t12-/m1/s1. The Labute approximate surface area is 163 Å². The zero-order valence-corrected chi connectivity index (χ0v) is 15.6.